The van der Waals surface area contributed by atoms with Gasteiger partial charge in [-0.15, -0.1) is 0 Å². The Labute approximate surface area is 86.2 Å². The van der Waals surface area contributed by atoms with Crippen LogP contribution in [0.3, 0.4) is 0 Å². The van der Waals surface area contributed by atoms with Crippen LogP contribution in [0.25, 0.3) is 0 Å². The van der Waals surface area contributed by atoms with Gasteiger partial charge in [-0.2, -0.15) is 12.6 Å². The van der Waals surface area contributed by atoms with E-state index < -0.39 is 0 Å². The largest absolute Gasteiger partial charge is 0.301 e. The minimum atomic E-state index is 0.919. The highest BCUT2D eigenvalue weighted by atomic mass is 32.1. The van der Waals surface area contributed by atoms with E-state index in [1.165, 1.54) is 11.1 Å². The zero-order valence-electron chi connectivity index (χ0n) is 8.33. The summed E-state index contributed by atoms with van der Waals surface area (Å²) < 4.78 is 0. The molecule has 13 heavy (non-hydrogen) atoms. The molecule has 0 heterocycles. The average Bonchev–Trinajstić information content (AvgIpc) is 2.09. The average molecular weight is 195 g/mol. The molecule has 0 amide bonds. The van der Waals surface area contributed by atoms with Gasteiger partial charge in [-0.3, -0.25) is 0 Å². The maximum atomic E-state index is 4.20. The van der Waals surface area contributed by atoms with Gasteiger partial charge in [-0.25, -0.2) is 0 Å². The number of rotatable bonds is 4. The third-order valence-electron chi connectivity index (χ3n) is 2.05. The van der Waals surface area contributed by atoms with E-state index >= 15 is 0 Å². The molecule has 0 fully saturated rings. The number of nitrogens with zero attached hydrogens (tertiary/aromatic N) is 1. The molecule has 0 aliphatic heterocycles. The minimum Gasteiger partial charge on any atom is -0.301 e. The van der Waals surface area contributed by atoms with Crippen LogP contribution in [0.1, 0.15) is 11.1 Å². The smallest absolute Gasteiger partial charge is 0.0231 e. The van der Waals surface area contributed by atoms with Crippen LogP contribution < -0.4 is 0 Å². The second kappa shape index (κ2) is 5.30. The molecule has 0 aliphatic rings. The Balaban J connectivity index is 2.49. The van der Waals surface area contributed by atoms with E-state index in [9.17, 15) is 0 Å². The lowest BCUT2D eigenvalue weighted by Crippen LogP contribution is -2.19. The highest BCUT2D eigenvalue weighted by Crippen LogP contribution is 2.05. The molecular formula is C11H17NS. The highest BCUT2D eigenvalue weighted by Gasteiger charge is 1.97. The van der Waals surface area contributed by atoms with E-state index in [0.717, 1.165) is 18.8 Å². The summed E-state index contributed by atoms with van der Waals surface area (Å²) in [7, 11) is 2.12. The number of hydrogen-bond donors (Lipinski definition) is 1. The van der Waals surface area contributed by atoms with Crippen molar-refractivity contribution in [3.63, 3.8) is 0 Å². The second-order valence-corrected chi connectivity index (χ2v) is 3.89. The maximum Gasteiger partial charge on any atom is 0.0231 e. The minimum absolute atomic E-state index is 0.919. The molecule has 0 N–H and O–H groups in total. The Morgan fingerprint density at radius 3 is 2.38 bits per heavy atom. The van der Waals surface area contributed by atoms with Gasteiger partial charge in [0.15, 0.2) is 0 Å². The van der Waals surface area contributed by atoms with E-state index in [0.29, 0.717) is 0 Å². The van der Waals surface area contributed by atoms with Crippen LogP contribution in [0.5, 0.6) is 0 Å². The molecule has 1 nitrogen and oxygen atoms in total. The van der Waals surface area contributed by atoms with Gasteiger partial charge in [0.1, 0.15) is 0 Å². The van der Waals surface area contributed by atoms with E-state index in [2.05, 4.69) is 55.8 Å². The molecular weight excluding hydrogens is 178 g/mol. The molecule has 0 atom stereocenters. The zero-order valence-corrected chi connectivity index (χ0v) is 9.22. The van der Waals surface area contributed by atoms with Crippen LogP contribution in [0.2, 0.25) is 0 Å². The van der Waals surface area contributed by atoms with Gasteiger partial charge < -0.3 is 4.90 Å². The topological polar surface area (TPSA) is 3.24 Å². The van der Waals surface area contributed by atoms with Crippen molar-refractivity contribution in [3.8, 4) is 0 Å². The predicted octanol–water partition coefficient (Wildman–Crippen LogP) is 2.36. The van der Waals surface area contributed by atoms with E-state index in [1.807, 2.05) is 0 Å². The van der Waals surface area contributed by atoms with Gasteiger partial charge in [0, 0.05) is 18.8 Å². The Hall–Kier alpha value is -0.470. The molecule has 1 rings (SSSR count). The summed E-state index contributed by atoms with van der Waals surface area (Å²) in [4.78, 5) is 2.28. The first-order chi connectivity index (χ1) is 6.22. The molecule has 0 saturated carbocycles. The highest BCUT2D eigenvalue weighted by molar-refractivity contribution is 7.80. The first kappa shape index (κ1) is 10.6. The monoisotopic (exact) mass is 195 g/mol. The Kier molecular flexibility index (Phi) is 4.33. The second-order valence-electron chi connectivity index (χ2n) is 3.45. The fraction of sp³-hybridized carbons (Fsp3) is 0.455. The van der Waals surface area contributed by atoms with Crippen molar-refractivity contribution in [3.05, 3.63) is 35.4 Å². The SMILES string of the molecule is Cc1ccc(CN(C)CCS)cc1. The number of aryl methyl sites for hydroxylation is 1. The van der Waals surface area contributed by atoms with Crippen LogP contribution >= 0.6 is 12.6 Å². The summed E-state index contributed by atoms with van der Waals surface area (Å²) in [6, 6.07) is 8.68. The zero-order chi connectivity index (χ0) is 9.68. The standard InChI is InChI=1S/C11H17NS/c1-10-3-5-11(6-4-10)9-12(2)7-8-13/h3-6,13H,7-9H2,1-2H3. The van der Waals surface area contributed by atoms with Crippen LogP contribution in [-0.2, 0) is 6.54 Å². The van der Waals surface area contributed by atoms with Gasteiger partial charge in [0.25, 0.3) is 0 Å². The Morgan fingerprint density at radius 2 is 1.85 bits per heavy atom. The molecule has 1 aromatic rings. The van der Waals surface area contributed by atoms with Crippen LogP contribution in [0, 0.1) is 6.92 Å². The first-order valence-electron chi connectivity index (χ1n) is 4.57. The van der Waals surface area contributed by atoms with Crippen molar-refractivity contribution in [2.24, 2.45) is 0 Å². The fourth-order valence-electron chi connectivity index (χ4n) is 1.25. The molecule has 72 valence electrons. The summed E-state index contributed by atoms with van der Waals surface area (Å²) in [5.74, 6) is 0.919. The Bertz CT molecular complexity index is 243. The fourth-order valence-corrected chi connectivity index (χ4v) is 1.60. The lowest BCUT2D eigenvalue weighted by molar-refractivity contribution is 0.349. The van der Waals surface area contributed by atoms with Crippen molar-refractivity contribution < 1.29 is 0 Å². The van der Waals surface area contributed by atoms with Crippen molar-refractivity contribution in [1.29, 1.82) is 0 Å². The third kappa shape index (κ3) is 3.83. The van der Waals surface area contributed by atoms with Crippen molar-refractivity contribution >= 4 is 12.6 Å². The molecule has 2 heteroatoms. The van der Waals surface area contributed by atoms with Gasteiger partial charge in [0.05, 0.1) is 0 Å². The molecule has 0 bridgehead atoms. The van der Waals surface area contributed by atoms with Crippen molar-refractivity contribution in [2.75, 3.05) is 19.3 Å². The molecule has 0 aromatic heterocycles. The van der Waals surface area contributed by atoms with Gasteiger partial charge in [-0.1, -0.05) is 29.8 Å². The summed E-state index contributed by atoms with van der Waals surface area (Å²) >= 11 is 4.20. The molecule has 0 radical (unpaired) electrons. The lowest BCUT2D eigenvalue weighted by atomic mass is 10.1. The maximum absolute atomic E-state index is 4.20. The number of benzene rings is 1. The van der Waals surface area contributed by atoms with E-state index in [4.69, 9.17) is 0 Å². The molecule has 0 saturated heterocycles. The summed E-state index contributed by atoms with van der Waals surface area (Å²) in [5.41, 5.74) is 2.69. The van der Waals surface area contributed by atoms with Crippen LogP contribution in [0.4, 0.5) is 0 Å². The van der Waals surface area contributed by atoms with Crippen molar-refractivity contribution in [1.82, 2.24) is 4.90 Å². The molecule has 1 aromatic carbocycles. The van der Waals surface area contributed by atoms with Crippen LogP contribution in [0.15, 0.2) is 24.3 Å². The van der Waals surface area contributed by atoms with Gasteiger partial charge in [0.2, 0.25) is 0 Å². The van der Waals surface area contributed by atoms with Gasteiger partial charge >= 0.3 is 0 Å². The quantitative estimate of drug-likeness (QED) is 0.722. The summed E-state index contributed by atoms with van der Waals surface area (Å²) in [6.45, 7) is 4.17. The molecule has 0 spiro atoms. The lowest BCUT2D eigenvalue weighted by Gasteiger charge is -2.14. The molecule has 0 aliphatic carbocycles. The van der Waals surface area contributed by atoms with Crippen molar-refractivity contribution in [2.45, 2.75) is 13.5 Å². The first-order valence-corrected chi connectivity index (χ1v) is 5.20. The third-order valence-corrected chi connectivity index (χ3v) is 2.25. The number of hydrogen-bond acceptors (Lipinski definition) is 2. The number of thiol groups is 1. The van der Waals surface area contributed by atoms with Crippen LogP contribution in [-0.4, -0.2) is 24.2 Å². The van der Waals surface area contributed by atoms with Gasteiger partial charge in [-0.05, 0) is 19.5 Å². The van der Waals surface area contributed by atoms with E-state index in [-0.39, 0.29) is 0 Å². The summed E-state index contributed by atoms with van der Waals surface area (Å²) in [6.07, 6.45) is 0. The predicted molar refractivity (Wildman–Crippen MR) is 61.4 cm³/mol. The summed E-state index contributed by atoms with van der Waals surface area (Å²) in [5, 5.41) is 0. The normalized spacial score (nSPS) is 10.8. The molecule has 0 unspecified atom stereocenters. The van der Waals surface area contributed by atoms with E-state index in [1.54, 1.807) is 0 Å². The Morgan fingerprint density at radius 1 is 1.23 bits per heavy atom.